The summed E-state index contributed by atoms with van der Waals surface area (Å²) in [6.45, 7) is 4.07. The zero-order valence-electron chi connectivity index (χ0n) is 13.7. The first-order valence-electron chi connectivity index (χ1n) is 8.12. The van der Waals surface area contributed by atoms with Crippen LogP contribution in [0.5, 0.6) is 5.75 Å². The van der Waals surface area contributed by atoms with Crippen LogP contribution in [0.3, 0.4) is 0 Å². The van der Waals surface area contributed by atoms with Gasteiger partial charge in [-0.1, -0.05) is 36.4 Å². The third kappa shape index (κ3) is 2.33. The van der Waals surface area contributed by atoms with Crippen molar-refractivity contribution in [3.05, 3.63) is 76.0 Å². The van der Waals surface area contributed by atoms with E-state index in [1.165, 1.54) is 5.57 Å². The summed E-state index contributed by atoms with van der Waals surface area (Å²) in [6, 6.07) is 14.9. The molecule has 1 aliphatic rings. The van der Waals surface area contributed by atoms with E-state index >= 15 is 0 Å². The van der Waals surface area contributed by atoms with Crippen molar-refractivity contribution in [1.82, 2.24) is 0 Å². The van der Waals surface area contributed by atoms with Crippen LogP contribution in [0.4, 0.5) is 0 Å². The Kier molecular flexibility index (Phi) is 3.49. The maximum absolute atomic E-state index is 12.5. The normalized spacial score (nSPS) is 16.9. The van der Waals surface area contributed by atoms with Crippen molar-refractivity contribution in [3.8, 4) is 17.1 Å². The molecule has 1 aliphatic heterocycles. The molecule has 3 heteroatoms. The lowest BCUT2D eigenvalue weighted by Crippen LogP contribution is -2.13. The summed E-state index contributed by atoms with van der Waals surface area (Å²) in [4.78, 5) is 12.5. The van der Waals surface area contributed by atoms with Crippen LogP contribution in [0, 0.1) is 0 Å². The fourth-order valence-corrected chi connectivity index (χ4v) is 3.13. The molecule has 0 spiro atoms. The molecule has 4 rings (SSSR count). The third-order valence-electron chi connectivity index (χ3n) is 4.64. The predicted octanol–water partition coefficient (Wildman–Crippen LogP) is 4.73. The average molecular weight is 318 g/mol. The van der Waals surface area contributed by atoms with Crippen LogP contribution in [0.15, 0.2) is 69.4 Å². The van der Waals surface area contributed by atoms with Gasteiger partial charge in [0.15, 0.2) is 5.43 Å². The van der Waals surface area contributed by atoms with E-state index in [1.54, 1.807) is 12.1 Å². The van der Waals surface area contributed by atoms with E-state index in [4.69, 9.17) is 9.15 Å². The average Bonchev–Trinajstić information content (AvgIpc) is 3.06. The molecule has 24 heavy (non-hydrogen) atoms. The van der Waals surface area contributed by atoms with Gasteiger partial charge in [-0.25, -0.2) is 0 Å². The number of rotatable bonds is 2. The largest absolute Gasteiger partial charge is 0.485 e. The zero-order chi connectivity index (χ0) is 16.7. The van der Waals surface area contributed by atoms with Gasteiger partial charge in [-0.15, -0.1) is 0 Å². The Hall–Kier alpha value is -2.81. The standard InChI is InChI=1S/C21H18O3/c1-3-13(2)19-11-16-18(23-19)10-9-15-17(22)12-20(24-21(15)16)14-7-5-4-6-8-14/h3-10,12,19H,11H2,1-2H3/b13-3+. The highest BCUT2D eigenvalue weighted by atomic mass is 16.5. The Morgan fingerprint density at radius 3 is 2.71 bits per heavy atom. The fourth-order valence-electron chi connectivity index (χ4n) is 3.13. The maximum Gasteiger partial charge on any atom is 0.193 e. The van der Waals surface area contributed by atoms with Crippen molar-refractivity contribution >= 4 is 11.0 Å². The molecule has 0 radical (unpaired) electrons. The van der Waals surface area contributed by atoms with Crippen LogP contribution in [0.25, 0.3) is 22.3 Å². The monoisotopic (exact) mass is 318 g/mol. The van der Waals surface area contributed by atoms with Crippen LogP contribution in [0.1, 0.15) is 19.4 Å². The highest BCUT2D eigenvalue weighted by Crippen LogP contribution is 2.37. The molecule has 3 nitrogen and oxygen atoms in total. The minimum Gasteiger partial charge on any atom is -0.485 e. The second kappa shape index (κ2) is 5.68. The molecular weight excluding hydrogens is 300 g/mol. The molecule has 0 aliphatic carbocycles. The van der Waals surface area contributed by atoms with Gasteiger partial charge in [0.2, 0.25) is 0 Å². The van der Waals surface area contributed by atoms with Gasteiger partial charge in [-0.2, -0.15) is 0 Å². The van der Waals surface area contributed by atoms with Crippen LogP contribution in [-0.2, 0) is 6.42 Å². The van der Waals surface area contributed by atoms with Gasteiger partial charge in [0.25, 0.3) is 0 Å². The fraction of sp³-hybridized carbons (Fsp3) is 0.190. The summed E-state index contributed by atoms with van der Waals surface area (Å²) in [5, 5.41) is 0.607. The first-order valence-corrected chi connectivity index (χ1v) is 8.12. The summed E-state index contributed by atoms with van der Waals surface area (Å²) in [5.74, 6) is 1.40. The van der Waals surface area contributed by atoms with E-state index in [0.29, 0.717) is 16.7 Å². The lowest BCUT2D eigenvalue weighted by Gasteiger charge is -2.09. The summed E-state index contributed by atoms with van der Waals surface area (Å²) in [6.07, 6.45) is 2.80. The van der Waals surface area contributed by atoms with Crippen molar-refractivity contribution < 1.29 is 9.15 Å². The van der Waals surface area contributed by atoms with Crippen molar-refractivity contribution in [2.24, 2.45) is 0 Å². The van der Waals surface area contributed by atoms with Crippen LogP contribution in [-0.4, -0.2) is 6.10 Å². The van der Waals surface area contributed by atoms with Gasteiger partial charge in [0.05, 0.1) is 5.39 Å². The number of hydrogen-bond acceptors (Lipinski definition) is 3. The molecule has 2 aromatic carbocycles. The first-order chi connectivity index (χ1) is 11.7. The van der Waals surface area contributed by atoms with Crippen molar-refractivity contribution in [1.29, 1.82) is 0 Å². The van der Waals surface area contributed by atoms with Crippen molar-refractivity contribution in [3.63, 3.8) is 0 Å². The molecule has 0 bridgehead atoms. The number of ether oxygens (including phenoxy) is 1. The van der Waals surface area contributed by atoms with Crippen molar-refractivity contribution in [2.75, 3.05) is 0 Å². The summed E-state index contributed by atoms with van der Waals surface area (Å²) < 4.78 is 12.2. The quantitative estimate of drug-likeness (QED) is 0.641. The number of benzene rings is 2. The summed E-state index contributed by atoms with van der Waals surface area (Å²) in [5.41, 5.74) is 3.68. The van der Waals surface area contributed by atoms with Crippen molar-refractivity contribution in [2.45, 2.75) is 26.4 Å². The van der Waals surface area contributed by atoms with E-state index < -0.39 is 0 Å². The number of hydrogen-bond donors (Lipinski definition) is 0. The molecule has 2 heterocycles. The molecule has 120 valence electrons. The van der Waals surface area contributed by atoms with Gasteiger partial charge >= 0.3 is 0 Å². The second-order valence-electron chi connectivity index (χ2n) is 6.10. The number of allylic oxidation sites excluding steroid dienone is 1. The smallest absolute Gasteiger partial charge is 0.193 e. The SMILES string of the molecule is C/C=C(\C)C1Cc2c(ccc3c(=O)cc(-c4ccccc4)oc23)O1. The molecule has 1 atom stereocenters. The molecule has 0 N–H and O–H groups in total. The van der Waals surface area contributed by atoms with E-state index in [9.17, 15) is 4.79 Å². The molecule has 0 fully saturated rings. The van der Waals surface area contributed by atoms with Crippen LogP contribution >= 0.6 is 0 Å². The van der Waals surface area contributed by atoms with Gasteiger partial charge < -0.3 is 9.15 Å². The molecule has 3 aromatic rings. The van der Waals surface area contributed by atoms with Gasteiger partial charge in [0.1, 0.15) is 23.2 Å². The van der Waals surface area contributed by atoms with Gasteiger partial charge in [0, 0.05) is 23.6 Å². The molecule has 0 amide bonds. The Labute approximate surface area is 140 Å². The second-order valence-corrected chi connectivity index (χ2v) is 6.10. The maximum atomic E-state index is 12.5. The Bertz CT molecular complexity index is 997. The van der Waals surface area contributed by atoms with E-state index in [1.807, 2.05) is 43.3 Å². The Morgan fingerprint density at radius 1 is 1.17 bits per heavy atom. The van der Waals surface area contributed by atoms with E-state index in [0.717, 1.165) is 23.3 Å². The van der Waals surface area contributed by atoms with E-state index in [2.05, 4.69) is 13.0 Å². The summed E-state index contributed by atoms with van der Waals surface area (Å²) >= 11 is 0. The molecule has 1 aromatic heterocycles. The van der Waals surface area contributed by atoms with Crippen LogP contribution in [0.2, 0.25) is 0 Å². The van der Waals surface area contributed by atoms with Gasteiger partial charge in [-0.05, 0) is 31.6 Å². The molecule has 0 saturated heterocycles. The predicted molar refractivity (Wildman–Crippen MR) is 95.5 cm³/mol. The third-order valence-corrected chi connectivity index (χ3v) is 4.64. The Balaban J connectivity index is 1.91. The van der Waals surface area contributed by atoms with E-state index in [-0.39, 0.29) is 11.5 Å². The molecular formula is C21H18O3. The lowest BCUT2D eigenvalue weighted by molar-refractivity contribution is 0.270. The number of fused-ring (bicyclic) bond motifs is 3. The molecule has 1 unspecified atom stereocenters. The van der Waals surface area contributed by atoms with Gasteiger partial charge in [-0.3, -0.25) is 4.79 Å². The Morgan fingerprint density at radius 2 is 1.96 bits per heavy atom. The van der Waals surface area contributed by atoms with Crippen LogP contribution < -0.4 is 10.2 Å². The minimum atomic E-state index is -0.0240. The summed E-state index contributed by atoms with van der Waals surface area (Å²) in [7, 11) is 0. The first kappa shape index (κ1) is 14.8. The molecule has 0 saturated carbocycles. The highest BCUT2D eigenvalue weighted by molar-refractivity contribution is 5.84. The lowest BCUT2D eigenvalue weighted by atomic mass is 10.0. The highest BCUT2D eigenvalue weighted by Gasteiger charge is 2.27. The topological polar surface area (TPSA) is 39.4 Å². The zero-order valence-corrected chi connectivity index (χ0v) is 13.7. The minimum absolute atomic E-state index is 0.0151.